The number of esters is 2. The first kappa shape index (κ1) is 34.9. The van der Waals surface area contributed by atoms with Crippen molar-refractivity contribution in [3.8, 4) is 11.5 Å². The molecular formula is C30H47NO9. The van der Waals surface area contributed by atoms with Crippen LogP contribution < -0.4 is 15.2 Å². The quantitative estimate of drug-likeness (QED) is 0.123. The third kappa shape index (κ3) is 12.4. The van der Waals surface area contributed by atoms with Crippen molar-refractivity contribution in [2.45, 2.75) is 111 Å². The average Bonchev–Trinajstić information content (AvgIpc) is 2.89. The summed E-state index contributed by atoms with van der Waals surface area (Å²) in [7, 11) is 0. The van der Waals surface area contributed by atoms with E-state index in [-0.39, 0.29) is 36.9 Å². The second kappa shape index (κ2) is 18.3. The van der Waals surface area contributed by atoms with E-state index in [1.165, 1.54) is 12.1 Å². The number of aliphatic carboxylic acids is 1. The van der Waals surface area contributed by atoms with E-state index in [0.717, 1.165) is 25.7 Å². The van der Waals surface area contributed by atoms with Crippen LogP contribution in [0.4, 0.5) is 4.79 Å². The Labute approximate surface area is 237 Å². The van der Waals surface area contributed by atoms with Crippen molar-refractivity contribution in [1.82, 2.24) is 0 Å². The van der Waals surface area contributed by atoms with Crippen molar-refractivity contribution >= 4 is 24.1 Å². The molecule has 3 N–H and O–H groups in total. The lowest BCUT2D eigenvalue weighted by molar-refractivity contribution is -0.140. The Balaban J connectivity index is 3.33. The molecule has 0 aliphatic rings. The highest BCUT2D eigenvalue weighted by Gasteiger charge is 2.36. The highest BCUT2D eigenvalue weighted by Crippen LogP contribution is 2.37. The topological polar surface area (TPSA) is 151 Å². The summed E-state index contributed by atoms with van der Waals surface area (Å²) in [6, 6.07) is 3.15. The lowest BCUT2D eigenvalue weighted by atomic mass is 9.79. The summed E-state index contributed by atoms with van der Waals surface area (Å²) in [6.45, 7) is 11.4. The molecule has 0 aliphatic heterocycles. The minimum absolute atomic E-state index is 0.00235. The van der Waals surface area contributed by atoms with Gasteiger partial charge >= 0.3 is 24.1 Å². The van der Waals surface area contributed by atoms with E-state index in [1.807, 2.05) is 27.7 Å². The summed E-state index contributed by atoms with van der Waals surface area (Å²) in [5, 5.41) is 9.77. The Morgan fingerprint density at radius 1 is 0.850 bits per heavy atom. The summed E-state index contributed by atoms with van der Waals surface area (Å²) in [4.78, 5) is 49.1. The molecule has 0 aromatic heterocycles. The number of nitrogens with two attached hydrogens (primary N) is 1. The van der Waals surface area contributed by atoms with Crippen molar-refractivity contribution in [2.75, 3.05) is 6.61 Å². The van der Waals surface area contributed by atoms with Gasteiger partial charge in [-0.3, -0.25) is 14.4 Å². The van der Waals surface area contributed by atoms with Gasteiger partial charge in [0.25, 0.3) is 0 Å². The Bertz CT molecular complexity index is 962. The van der Waals surface area contributed by atoms with Crippen LogP contribution in [0, 0.1) is 11.8 Å². The number of ether oxygens (including phenoxy) is 4. The van der Waals surface area contributed by atoms with Crippen molar-refractivity contribution in [2.24, 2.45) is 17.6 Å². The van der Waals surface area contributed by atoms with Gasteiger partial charge in [0.1, 0.15) is 12.1 Å². The number of hydrogen-bond acceptors (Lipinski definition) is 9. The summed E-state index contributed by atoms with van der Waals surface area (Å²) < 4.78 is 21.6. The molecule has 10 heteroatoms. The minimum Gasteiger partial charge on any atom is -0.480 e. The third-order valence-electron chi connectivity index (χ3n) is 6.56. The predicted molar refractivity (Wildman–Crippen MR) is 150 cm³/mol. The van der Waals surface area contributed by atoms with E-state index >= 15 is 0 Å². The average molecular weight is 566 g/mol. The van der Waals surface area contributed by atoms with Crippen molar-refractivity contribution in [3.05, 3.63) is 23.8 Å². The first-order valence-corrected chi connectivity index (χ1v) is 14.3. The molecule has 0 radical (unpaired) electrons. The Kier molecular flexibility index (Phi) is 15.9. The summed E-state index contributed by atoms with van der Waals surface area (Å²) in [5.74, 6) is -3.45. The van der Waals surface area contributed by atoms with E-state index in [2.05, 4.69) is 0 Å². The lowest BCUT2D eigenvalue weighted by Crippen LogP contribution is -2.42. The Morgan fingerprint density at radius 2 is 1.40 bits per heavy atom. The fourth-order valence-electron chi connectivity index (χ4n) is 4.09. The molecule has 10 nitrogen and oxygen atoms in total. The van der Waals surface area contributed by atoms with Crippen LogP contribution >= 0.6 is 0 Å². The van der Waals surface area contributed by atoms with Crippen LogP contribution in [0.5, 0.6) is 11.5 Å². The molecule has 0 bridgehead atoms. The zero-order valence-corrected chi connectivity index (χ0v) is 24.8. The summed E-state index contributed by atoms with van der Waals surface area (Å²) >= 11 is 0. The Morgan fingerprint density at radius 3 is 1.90 bits per heavy atom. The number of rotatable bonds is 18. The van der Waals surface area contributed by atoms with Gasteiger partial charge < -0.3 is 29.8 Å². The van der Waals surface area contributed by atoms with Gasteiger partial charge in [-0.25, -0.2) is 4.79 Å². The molecule has 0 heterocycles. The molecule has 0 aliphatic carbocycles. The lowest BCUT2D eigenvalue weighted by Gasteiger charge is -2.31. The molecule has 0 spiro atoms. The molecule has 1 aromatic carbocycles. The standard InChI is InChI=1S/C30H47NO9/c1-7-9-11-13-25(32)39-23-16-15-22(17-24(23)40-26(33)14-12-10-8-2)27(28(31)29(34)35)20(5)21(6)38-30(36)37-18-19(3)4/h15-17,19-21,27-28H,7-14,18,31H2,1-6H3,(H,34,35)/t20?,21?,27?,28-/m0/s1. The van der Waals surface area contributed by atoms with Crippen molar-refractivity contribution in [1.29, 1.82) is 0 Å². The second-order valence-electron chi connectivity index (χ2n) is 10.6. The predicted octanol–water partition coefficient (Wildman–Crippen LogP) is 5.99. The summed E-state index contributed by atoms with van der Waals surface area (Å²) in [5.41, 5.74) is 6.54. The first-order valence-electron chi connectivity index (χ1n) is 14.3. The number of benzene rings is 1. The van der Waals surface area contributed by atoms with E-state index in [1.54, 1.807) is 19.9 Å². The van der Waals surface area contributed by atoms with Crippen molar-refractivity contribution in [3.63, 3.8) is 0 Å². The monoisotopic (exact) mass is 565 g/mol. The molecule has 0 fully saturated rings. The van der Waals surface area contributed by atoms with Gasteiger partial charge in [0.05, 0.1) is 6.61 Å². The van der Waals surface area contributed by atoms with Crippen LogP contribution in [0.25, 0.3) is 0 Å². The molecule has 3 unspecified atom stereocenters. The fourth-order valence-corrected chi connectivity index (χ4v) is 4.09. The van der Waals surface area contributed by atoms with Gasteiger partial charge in [0.2, 0.25) is 0 Å². The highest BCUT2D eigenvalue weighted by atomic mass is 16.7. The molecule has 4 atom stereocenters. The molecule has 40 heavy (non-hydrogen) atoms. The van der Waals surface area contributed by atoms with E-state index in [4.69, 9.17) is 24.7 Å². The number of carbonyl (C=O) groups excluding carboxylic acids is 3. The molecule has 0 amide bonds. The summed E-state index contributed by atoms with van der Waals surface area (Å²) in [6.07, 6.45) is 3.71. The van der Waals surface area contributed by atoms with E-state index < -0.39 is 48.0 Å². The van der Waals surface area contributed by atoms with Gasteiger partial charge in [-0.05, 0) is 43.4 Å². The SMILES string of the molecule is CCCCCC(=O)Oc1ccc(C(C(C)C(C)OC(=O)OCC(C)C)[C@H](N)C(=O)O)cc1OC(=O)CCCCC. The number of carboxylic acids is 1. The maximum Gasteiger partial charge on any atom is 0.508 e. The van der Waals surface area contributed by atoms with Gasteiger partial charge in [-0.2, -0.15) is 0 Å². The highest BCUT2D eigenvalue weighted by molar-refractivity contribution is 5.77. The van der Waals surface area contributed by atoms with Gasteiger partial charge in [-0.1, -0.05) is 66.4 Å². The Hall–Kier alpha value is -3.14. The van der Waals surface area contributed by atoms with Gasteiger partial charge in [0, 0.05) is 24.7 Å². The number of carbonyl (C=O) groups is 4. The minimum atomic E-state index is -1.37. The molecule has 1 aromatic rings. The van der Waals surface area contributed by atoms with Crippen LogP contribution in [0.3, 0.4) is 0 Å². The van der Waals surface area contributed by atoms with Crippen LogP contribution in [-0.2, 0) is 23.9 Å². The number of carboxylic acid groups (broad SMARTS) is 1. The molecular weight excluding hydrogens is 518 g/mol. The van der Waals surface area contributed by atoms with E-state index in [9.17, 15) is 24.3 Å². The zero-order valence-electron chi connectivity index (χ0n) is 24.8. The van der Waals surface area contributed by atoms with E-state index in [0.29, 0.717) is 18.4 Å². The van der Waals surface area contributed by atoms with Gasteiger partial charge in [-0.15, -0.1) is 0 Å². The number of hydrogen-bond donors (Lipinski definition) is 2. The second-order valence-corrected chi connectivity index (χ2v) is 10.6. The van der Waals surface area contributed by atoms with Crippen LogP contribution in [0.1, 0.15) is 104 Å². The van der Waals surface area contributed by atoms with Crippen LogP contribution in [-0.4, -0.2) is 47.9 Å². The molecule has 1 rings (SSSR count). The molecule has 0 saturated carbocycles. The van der Waals surface area contributed by atoms with Crippen LogP contribution in [0.15, 0.2) is 18.2 Å². The maximum absolute atomic E-state index is 12.6. The molecule has 0 saturated heterocycles. The maximum atomic E-state index is 12.6. The van der Waals surface area contributed by atoms with Crippen molar-refractivity contribution < 1.29 is 43.2 Å². The van der Waals surface area contributed by atoms with Gasteiger partial charge in [0.15, 0.2) is 11.5 Å². The largest absolute Gasteiger partial charge is 0.508 e. The third-order valence-corrected chi connectivity index (χ3v) is 6.56. The fraction of sp³-hybridized carbons (Fsp3) is 0.667. The smallest absolute Gasteiger partial charge is 0.480 e. The van der Waals surface area contributed by atoms with Crippen LogP contribution in [0.2, 0.25) is 0 Å². The molecule has 226 valence electrons. The zero-order chi connectivity index (χ0) is 30.2. The normalized spacial score (nSPS) is 14.1. The number of unbranched alkanes of at least 4 members (excludes halogenated alkanes) is 4. The first-order chi connectivity index (χ1) is 18.9.